The number of para-hydroxylation sites is 2. The van der Waals surface area contributed by atoms with Crippen LogP contribution in [0.4, 0.5) is 10.5 Å². The van der Waals surface area contributed by atoms with Gasteiger partial charge < -0.3 is 126 Å². The summed E-state index contributed by atoms with van der Waals surface area (Å²) in [7, 11) is 0. The smallest absolute Gasteiger partial charge is 0.407 e. The van der Waals surface area contributed by atoms with Crippen molar-refractivity contribution in [3.63, 3.8) is 0 Å². The first-order valence-corrected chi connectivity index (χ1v) is 40.3. The SMILES string of the molecule is CCCCCc1ccc(/C(C)=C/C(=O)N[C@H](Cc2c[nH]c3ccccc23)C(=O)N[C@H](CC(N)=O)C(=O)N[C@@H](CC(=O)O)C(=O)N[C@@H]2C(=O)NCC(=O)N[C@@H](CCCNC(=O)OC(C)(C)C)C(=O)N[C@@H](CC(=O)O)C(=O)N[C@H](C)C(=O)N[C@@H](CC(=O)O)C(=O)NCC(=O)N[C@H](CO)C(=O)NC([C@H](C)CC(=O)O)C(=O)N[C@@H](CC(=O)c3ccccc3N)C(=O)O[C@@H]2C)cc1. The zero-order valence-electron chi connectivity index (χ0n) is 70.9. The summed E-state index contributed by atoms with van der Waals surface area (Å²) in [6.45, 7) is 7.07. The molecule has 13 atom stereocenters. The molecule has 45 nitrogen and oxygen atoms in total. The molecule has 1 saturated heterocycles. The second kappa shape index (κ2) is 49.8. The number of Topliss-reactive ketones (excluding diaryl/α,β-unsaturated/α-hetero) is 1. The third-order valence-corrected chi connectivity index (χ3v) is 19.3. The molecule has 2 heterocycles. The van der Waals surface area contributed by atoms with Crippen LogP contribution < -0.4 is 85.9 Å². The van der Waals surface area contributed by atoms with E-state index in [4.69, 9.17) is 20.9 Å². The summed E-state index contributed by atoms with van der Waals surface area (Å²) in [5.74, 6) is -30.7. The highest BCUT2D eigenvalue weighted by molar-refractivity contribution is 6.06. The lowest BCUT2D eigenvalue weighted by Crippen LogP contribution is -2.62. The number of nitrogens with two attached hydrogens (primary N) is 2. The number of fused-ring (bicyclic) bond motifs is 1. The van der Waals surface area contributed by atoms with Crippen LogP contribution in [0.1, 0.15) is 153 Å². The number of unbranched alkanes of at least 4 members (excludes halogenated alkanes) is 2. The highest BCUT2D eigenvalue weighted by atomic mass is 16.6. The fraction of sp³-hybridized carbons (Fsp3) is 0.476. The first kappa shape index (κ1) is 103. The Balaban J connectivity index is 1.64. The number of esters is 1. The maximum atomic E-state index is 15.0. The number of carbonyl (C=O) groups excluding carboxylic acids is 17. The number of aromatic nitrogens is 1. The molecule has 1 aliphatic heterocycles. The minimum absolute atomic E-state index is 0.211. The van der Waals surface area contributed by atoms with Crippen molar-refractivity contribution in [2.24, 2.45) is 11.7 Å². The van der Waals surface area contributed by atoms with E-state index < -0.39 is 273 Å². The number of hydrogen-bond donors (Lipinski definition) is 22. The Morgan fingerprint density at radius 1 is 0.591 bits per heavy atom. The maximum Gasteiger partial charge on any atom is 0.407 e. The normalized spacial score (nSPS) is 20.5. The number of ether oxygens (including phenoxy) is 2. The summed E-state index contributed by atoms with van der Waals surface area (Å²) in [5.41, 5.74) is 13.5. The van der Waals surface area contributed by atoms with Gasteiger partial charge >= 0.3 is 35.9 Å². The van der Waals surface area contributed by atoms with Gasteiger partial charge in [-0.1, -0.05) is 81.3 Å². The number of carboxylic acids is 4. The molecule has 0 spiro atoms. The van der Waals surface area contributed by atoms with Gasteiger partial charge in [0, 0.05) is 53.8 Å². The number of H-pyrrole nitrogens is 1. The van der Waals surface area contributed by atoms with Crippen LogP contribution in [0, 0.1) is 5.92 Å². The molecule has 0 saturated carbocycles. The van der Waals surface area contributed by atoms with E-state index in [1.807, 2.05) is 40.2 Å². The van der Waals surface area contributed by atoms with Gasteiger partial charge in [-0.15, -0.1) is 0 Å². The molecule has 24 N–H and O–H groups in total. The number of hydrogen-bond acceptors (Lipinski definition) is 25. The average molecular weight is 1780 g/mol. The summed E-state index contributed by atoms with van der Waals surface area (Å²) in [4.78, 5) is 292. The van der Waals surface area contributed by atoms with Gasteiger partial charge in [-0.25, -0.2) is 9.59 Å². The van der Waals surface area contributed by atoms with Gasteiger partial charge in [0.25, 0.3) is 0 Å². The monoisotopic (exact) mass is 1780 g/mol. The summed E-state index contributed by atoms with van der Waals surface area (Å²) in [6, 6.07) is -3.89. The summed E-state index contributed by atoms with van der Waals surface area (Å²) in [6.07, 6.45) is -4.92. The largest absolute Gasteiger partial charge is 0.481 e. The molecular formula is C82H109N17O28. The second-order valence-corrected chi connectivity index (χ2v) is 30.9. The van der Waals surface area contributed by atoms with Gasteiger partial charge in [-0.05, 0) is 114 Å². The number of allylic oxidation sites excluding steroid dienone is 1. The molecule has 4 aromatic rings. The van der Waals surface area contributed by atoms with E-state index in [2.05, 4.69) is 70.4 Å². The molecule has 1 unspecified atom stereocenters. The number of aromatic amines is 1. The highest BCUT2D eigenvalue weighted by Crippen LogP contribution is 2.23. The van der Waals surface area contributed by atoms with Gasteiger partial charge in [0.05, 0.1) is 51.8 Å². The Hall–Kier alpha value is -14.4. The number of aryl methyl sites for hydroxylation is 1. The topological polar surface area (TPSA) is 714 Å². The Morgan fingerprint density at radius 3 is 1.75 bits per heavy atom. The predicted molar refractivity (Wildman–Crippen MR) is 446 cm³/mol. The quantitative estimate of drug-likeness (QED) is 0.00714. The molecule has 1 aliphatic rings. The van der Waals surface area contributed by atoms with Gasteiger partial charge in [-0.2, -0.15) is 0 Å². The molecule has 127 heavy (non-hydrogen) atoms. The van der Waals surface area contributed by atoms with Gasteiger partial charge in [0.15, 0.2) is 5.78 Å². The van der Waals surface area contributed by atoms with E-state index in [-0.39, 0.29) is 30.6 Å². The molecule has 0 radical (unpaired) electrons. The third kappa shape index (κ3) is 35.0. The molecule has 15 amide bonds. The number of ketones is 1. The summed E-state index contributed by atoms with van der Waals surface area (Å²) >= 11 is 0. The zero-order chi connectivity index (χ0) is 94.7. The number of benzene rings is 3. The number of primary amides is 1. The van der Waals surface area contributed by atoms with Crippen LogP contribution in [0.25, 0.3) is 16.5 Å². The number of nitrogens with one attached hydrogen (secondary N) is 15. The van der Waals surface area contributed by atoms with Crippen LogP contribution in [0.15, 0.2) is 85.1 Å². The number of nitrogen functional groups attached to an aromatic ring is 1. The molecule has 5 rings (SSSR count). The van der Waals surface area contributed by atoms with Crippen LogP contribution in [0.2, 0.25) is 0 Å². The van der Waals surface area contributed by atoms with Crippen molar-refractivity contribution in [2.45, 2.75) is 217 Å². The highest BCUT2D eigenvalue weighted by Gasteiger charge is 2.41. The summed E-state index contributed by atoms with van der Waals surface area (Å²) in [5, 5.41) is 81.4. The number of amides is 15. The maximum absolute atomic E-state index is 15.0. The molecule has 0 aliphatic carbocycles. The van der Waals surface area contributed by atoms with Crippen LogP contribution in [0.3, 0.4) is 0 Å². The Bertz CT molecular complexity index is 4760. The van der Waals surface area contributed by atoms with Crippen LogP contribution in [-0.4, -0.2) is 259 Å². The number of aliphatic hydroxyl groups is 1. The first-order chi connectivity index (χ1) is 59.8. The number of alkyl carbamates (subject to hydrolysis) is 1. The van der Waals surface area contributed by atoms with E-state index in [9.17, 15) is 126 Å². The predicted octanol–water partition coefficient (Wildman–Crippen LogP) is -3.36. The first-order valence-electron chi connectivity index (χ1n) is 40.3. The molecule has 1 fully saturated rings. The van der Waals surface area contributed by atoms with E-state index in [1.54, 1.807) is 37.4 Å². The van der Waals surface area contributed by atoms with Gasteiger partial charge in [0.1, 0.15) is 78.2 Å². The van der Waals surface area contributed by atoms with Crippen LogP contribution >= 0.6 is 0 Å². The van der Waals surface area contributed by atoms with Crippen LogP contribution in [0.5, 0.6) is 0 Å². The minimum atomic E-state index is -2.51. The average Bonchev–Trinajstić information content (AvgIpc) is 1.71. The molecular weight excluding hydrogens is 1670 g/mol. The molecule has 45 heteroatoms. The van der Waals surface area contributed by atoms with Gasteiger partial charge in [-0.3, -0.25) is 91.1 Å². The number of aliphatic hydroxyl groups excluding tert-OH is 1. The number of aliphatic carboxylic acids is 4. The molecule has 1 aromatic heterocycles. The van der Waals surface area contributed by atoms with E-state index in [0.717, 1.165) is 52.0 Å². The standard InChI is InChI=1S/C82H109N17O28/c1-9-10-11-17-44-23-25-45(26-24-44)40(2)28-61(103)91-52(30-46-36-86-50-21-15-13-18-47(46)50)74(118)94-53(32-60(84)102)75(119)96-56(35-67(112)113)76(120)99-69-43(5)126-80(124)57(31-59(101)48-19-12-14-20-49(48)83)97-79(123)68(41(3)29-64(106)107)98-77(121)58(39-100)92-63(105)37-87-71(115)54(33-65(108)109)93-70(114)42(4)89-73(117)55(34-66(110)111)95-72(116)51(90-62(104)38-88-78(69)122)22-16-27-85-81(125)127-82(6,7)8/h12-15,18-21,23-26,28,36,41-43,51-58,68-69,86,100H,9-11,16-17,22,27,29-35,37-39,83H2,1-8H3,(H2,84,102)(H,85,125)(H,87,115)(H,88,122)(H,89,117)(H,90,104)(H,91,103)(H,92,105)(H,93,114)(H,94,118)(H,95,116)(H,96,119)(H,97,123)(H,98,121)(H,99,120)(H,106,107)(H,108,109)(H,110,111)(H,112,113)/b40-28+/t41-,42-,43-,51+,52-,53-,54+,55+,56+,57+,58-,68?,69+/m1/s1. The zero-order valence-corrected chi connectivity index (χ0v) is 70.9. The Labute approximate surface area is 726 Å². The Morgan fingerprint density at radius 2 is 1.15 bits per heavy atom. The van der Waals surface area contributed by atoms with Crippen molar-refractivity contribution in [2.75, 3.05) is 32.0 Å². The number of carboxylic acid groups (broad SMARTS) is 4. The summed E-state index contributed by atoms with van der Waals surface area (Å²) < 4.78 is 11.0. The fourth-order valence-electron chi connectivity index (χ4n) is 12.7. The lowest BCUT2D eigenvalue weighted by Gasteiger charge is -2.30. The van der Waals surface area contributed by atoms with E-state index in [0.29, 0.717) is 27.6 Å². The van der Waals surface area contributed by atoms with Crippen molar-refractivity contribution < 1.29 is 136 Å². The lowest BCUT2D eigenvalue weighted by atomic mass is 9.96. The molecule has 690 valence electrons. The second-order valence-electron chi connectivity index (χ2n) is 30.9. The number of anilines is 1. The molecule has 3 aromatic carbocycles. The van der Waals surface area contributed by atoms with E-state index >= 15 is 0 Å². The minimum Gasteiger partial charge on any atom is -0.481 e. The molecule has 0 bridgehead atoms. The lowest BCUT2D eigenvalue weighted by molar-refractivity contribution is -0.156. The van der Waals surface area contributed by atoms with Crippen molar-refractivity contribution in [3.05, 3.63) is 107 Å². The van der Waals surface area contributed by atoms with Crippen molar-refractivity contribution in [1.29, 1.82) is 0 Å². The number of cyclic esters (lactones) is 1. The number of carbonyl (C=O) groups is 21. The van der Waals surface area contributed by atoms with Gasteiger partial charge in [0.2, 0.25) is 82.7 Å². The van der Waals surface area contributed by atoms with E-state index in [1.165, 1.54) is 51.1 Å². The third-order valence-electron chi connectivity index (χ3n) is 19.3. The fourth-order valence-corrected chi connectivity index (χ4v) is 12.7. The van der Waals surface area contributed by atoms with Crippen molar-refractivity contribution in [1.82, 2.24) is 79.4 Å². The van der Waals surface area contributed by atoms with Crippen molar-refractivity contribution >= 4 is 147 Å². The Kier molecular flexibility index (Phi) is 40.4. The van der Waals surface area contributed by atoms with Crippen molar-refractivity contribution in [3.8, 4) is 0 Å². The number of rotatable bonds is 34. The van der Waals surface area contributed by atoms with Crippen LogP contribution in [-0.2, 0) is 113 Å².